The SMILES string of the molecule is CSCC[C@H](NC(N)=O)C(=O)Nc1ccc2c(c1)CCC2. The summed E-state index contributed by atoms with van der Waals surface area (Å²) in [6, 6.07) is 4.73. The molecule has 2 rings (SSSR count). The predicted octanol–water partition coefficient (Wildman–Crippen LogP) is 1.90. The number of primary amides is 1. The maximum Gasteiger partial charge on any atom is 0.312 e. The van der Waals surface area contributed by atoms with Crippen LogP contribution in [0.2, 0.25) is 0 Å². The maximum atomic E-state index is 12.3. The first-order valence-electron chi connectivity index (χ1n) is 7.07. The van der Waals surface area contributed by atoms with Crippen LogP contribution < -0.4 is 16.4 Å². The third-order valence-corrected chi connectivity index (χ3v) is 4.25. The summed E-state index contributed by atoms with van der Waals surface area (Å²) in [5.41, 5.74) is 8.58. The topological polar surface area (TPSA) is 84.2 Å². The minimum absolute atomic E-state index is 0.221. The second-order valence-corrected chi connectivity index (χ2v) is 6.15. The van der Waals surface area contributed by atoms with Crippen molar-refractivity contribution in [2.75, 3.05) is 17.3 Å². The Bertz CT molecular complexity index is 534. The Morgan fingerprint density at radius 2 is 2.10 bits per heavy atom. The highest BCUT2D eigenvalue weighted by atomic mass is 32.2. The van der Waals surface area contributed by atoms with Crippen LogP contribution in [0.25, 0.3) is 0 Å². The Kier molecular flexibility index (Phi) is 5.50. The lowest BCUT2D eigenvalue weighted by Crippen LogP contribution is -2.46. The van der Waals surface area contributed by atoms with Gasteiger partial charge in [0, 0.05) is 5.69 Å². The number of aryl methyl sites for hydroxylation is 2. The molecule has 0 saturated carbocycles. The average molecular weight is 307 g/mol. The highest BCUT2D eigenvalue weighted by Gasteiger charge is 2.20. The Balaban J connectivity index is 2.01. The minimum atomic E-state index is -0.676. The van der Waals surface area contributed by atoms with E-state index in [0.29, 0.717) is 6.42 Å². The van der Waals surface area contributed by atoms with E-state index in [-0.39, 0.29) is 5.91 Å². The molecule has 0 unspecified atom stereocenters. The number of rotatable bonds is 6. The van der Waals surface area contributed by atoms with Crippen LogP contribution in [0.4, 0.5) is 10.5 Å². The van der Waals surface area contributed by atoms with Gasteiger partial charge in [-0.15, -0.1) is 0 Å². The van der Waals surface area contributed by atoms with Gasteiger partial charge in [0.2, 0.25) is 5.91 Å². The first-order valence-corrected chi connectivity index (χ1v) is 8.47. The van der Waals surface area contributed by atoms with Crippen molar-refractivity contribution in [2.45, 2.75) is 31.7 Å². The molecule has 0 aromatic heterocycles. The molecule has 0 spiro atoms. The van der Waals surface area contributed by atoms with E-state index < -0.39 is 12.1 Å². The van der Waals surface area contributed by atoms with Crippen LogP contribution in [0, 0.1) is 0 Å². The highest BCUT2D eigenvalue weighted by molar-refractivity contribution is 7.98. The number of hydrogen-bond donors (Lipinski definition) is 3. The van der Waals surface area contributed by atoms with Crippen LogP contribution >= 0.6 is 11.8 Å². The van der Waals surface area contributed by atoms with Crippen LogP contribution in [0.15, 0.2) is 18.2 Å². The molecular weight excluding hydrogens is 286 g/mol. The van der Waals surface area contributed by atoms with Crippen molar-refractivity contribution in [3.8, 4) is 0 Å². The monoisotopic (exact) mass is 307 g/mol. The molecule has 6 heteroatoms. The molecular formula is C15H21N3O2S. The number of benzene rings is 1. The lowest BCUT2D eigenvalue weighted by Gasteiger charge is -2.17. The number of anilines is 1. The van der Waals surface area contributed by atoms with Crippen LogP contribution in [-0.2, 0) is 17.6 Å². The minimum Gasteiger partial charge on any atom is -0.352 e. The summed E-state index contributed by atoms with van der Waals surface area (Å²) < 4.78 is 0. The molecule has 0 fully saturated rings. The molecule has 4 N–H and O–H groups in total. The summed E-state index contributed by atoms with van der Waals surface area (Å²) in [4.78, 5) is 23.3. The summed E-state index contributed by atoms with van der Waals surface area (Å²) in [6.45, 7) is 0. The molecule has 3 amide bonds. The summed E-state index contributed by atoms with van der Waals surface area (Å²) in [6.07, 6.45) is 5.87. The number of urea groups is 1. The van der Waals surface area contributed by atoms with Crippen molar-refractivity contribution in [1.29, 1.82) is 0 Å². The van der Waals surface area contributed by atoms with Gasteiger partial charge in [-0.3, -0.25) is 4.79 Å². The van der Waals surface area contributed by atoms with E-state index >= 15 is 0 Å². The fourth-order valence-corrected chi connectivity index (χ4v) is 3.03. The quantitative estimate of drug-likeness (QED) is 0.750. The van der Waals surface area contributed by atoms with E-state index in [9.17, 15) is 9.59 Å². The van der Waals surface area contributed by atoms with E-state index in [2.05, 4.69) is 16.7 Å². The summed E-state index contributed by atoms with van der Waals surface area (Å²) >= 11 is 1.62. The number of hydrogen-bond acceptors (Lipinski definition) is 3. The molecule has 1 atom stereocenters. The number of carbonyl (C=O) groups excluding carboxylic acids is 2. The number of nitrogens with one attached hydrogen (secondary N) is 2. The lowest BCUT2D eigenvalue weighted by atomic mass is 10.1. The van der Waals surface area contributed by atoms with Crippen molar-refractivity contribution in [3.05, 3.63) is 29.3 Å². The average Bonchev–Trinajstić information content (AvgIpc) is 2.90. The van der Waals surface area contributed by atoms with Gasteiger partial charge in [0.25, 0.3) is 0 Å². The van der Waals surface area contributed by atoms with Gasteiger partial charge in [-0.05, 0) is 61.0 Å². The molecule has 0 radical (unpaired) electrons. The van der Waals surface area contributed by atoms with Crippen LogP contribution in [-0.4, -0.2) is 30.0 Å². The molecule has 1 aromatic rings. The Morgan fingerprint density at radius 3 is 2.81 bits per heavy atom. The fourth-order valence-electron chi connectivity index (χ4n) is 2.56. The van der Waals surface area contributed by atoms with E-state index in [1.807, 2.05) is 18.4 Å². The Hall–Kier alpha value is -1.69. The standard InChI is InChI=1S/C15H21N3O2S/c1-21-8-7-13(18-15(16)20)14(19)17-12-6-5-10-3-2-4-11(10)9-12/h5-6,9,13H,2-4,7-8H2,1H3,(H,17,19)(H3,16,18,20)/t13-/m0/s1. The molecule has 21 heavy (non-hydrogen) atoms. The second kappa shape index (κ2) is 7.36. The van der Waals surface area contributed by atoms with Crippen LogP contribution in [0.5, 0.6) is 0 Å². The molecule has 1 aliphatic carbocycles. The normalized spacial score (nSPS) is 14.3. The van der Waals surface area contributed by atoms with Crippen molar-refractivity contribution in [3.63, 3.8) is 0 Å². The largest absolute Gasteiger partial charge is 0.352 e. The summed E-state index contributed by atoms with van der Waals surface area (Å²) in [5.74, 6) is 0.559. The van der Waals surface area contributed by atoms with Gasteiger partial charge in [-0.1, -0.05) is 6.07 Å². The molecule has 5 nitrogen and oxygen atoms in total. The number of carbonyl (C=O) groups is 2. The zero-order valence-corrected chi connectivity index (χ0v) is 13.0. The summed E-state index contributed by atoms with van der Waals surface area (Å²) in [7, 11) is 0. The fraction of sp³-hybridized carbons (Fsp3) is 0.467. The highest BCUT2D eigenvalue weighted by Crippen LogP contribution is 2.25. The molecule has 1 aliphatic rings. The Labute approximate surface area is 129 Å². The predicted molar refractivity (Wildman–Crippen MR) is 86.6 cm³/mol. The van der Waals surface area contributed by atoms with Gasteiger partial charge in [0.05, 0.1) is 0 Å². The summed E-state index contributed by atoms with van der Waals surface area (Å²) in [5, 5.41) is 5.37. The maximum absolute atomic E-state index is 12.3. The van der Waals surface area contributed by atoms with Gasteiger partial charge < -0.3 is 16.4 Å². The zero-order chi connectivity index (χ0) is 15.2. The van der Waals surface area contributed by atoms with Gasteiger partial charge >= 0.3 is 6.03 Å². The number of thioether (sulfide) groups is 1. The Morgan fingerprint density at radius 1 is 1.33 bits per heavy atom. The smallest absolute Gasteiger partial charge is 0.312 e. The number of fused-ring (bicyclic) bond motifs is 1. The number of amides is 3. The van der Waals surface area contributed by atoms with Crippen molar-refractivity contribution in [1.82, 2.24) is 5.32 Å². The van der Waals surface area contributed by atoms with Crippen LogP contribution in [0.1, 0.15) is 24.0 Å². The first-order chi connectivity index (χ1) is 10.1. The van der Waals surface area contributed by atoms with Crippen molar-refractivity contribution >= 4 is 29.4 Å². The molecule has 0 heterocycles. The van der Waals surface area contributed by atoms with Crippen molar-refractivity contribution < 1.29 is 9.59 Å². The van der Waals surface area contributed by atoms with Gasteiger partial charge in [-0.25, -0.2) is 4.79 Å². The van der Waals surface area contributed by atoms with E-state index in [4.69, 9.17) is 5.73 Å². The molecule has 1 aromatic carbocycles. The third kappa shape index (κ3) is 4.39. The number of nitrogens with two attached hydrogens (primary N) is 1. The van der Waals surface area contributed by atoms with E-state index in [1.165, 1.54) is 17.5 Å². The molecule has 0 bridgehead atoms. The zero-order valence-electron chi connectivity index (χ0n) is 12.1. The molecule has 0 saturated heterocycles. The molecule has 114 valence electrons. The third-order valence-electron chi connectivity index (χ3n) is 3.61. The van der Waals surface area contributed by atoms with Gasteiger partial charge in [0.1, 0.15) is 6.04 Å². The lowest BCUT2D eigenvalue weighted by molar-refractivity contribution is -0.117. The first kappa shape index (κ1) is 15.7. The molecule has 0 aliphatic heterocycles. The van der Waals surface area contributed by atoms with E-state index in [0.717, 1.165) is 24.3 Å². The van der Waals surface area contributed by atoms with Crippen molar-refractivity contribution in [2.24, 2.45) is 5.73 Å². The van der Waals surface area contributed by atoms with Gasteiger partial charge in [-0.2, -0.15) is 11.8 Å². The van der Waals surface area contributed by atoms with Gasteiger partial charge in [0.15, 0.2) is 0 Å². The van der Waals surface area contributed by atoms with Crippen LogP contribution in [0.3, 0.4) is 0 Å². The second-order valence-electron chi connectivity index (χ2n) is 5.17. The van der Waals surface area contributed by atoms with E-state index in [1.54, 1.807) is 11.8 Å².